The SMILES string of the molecule is Cc1cccc(C(=O)N2CCCN(CC(=O)Nc3cc4c(cc3Cl)OCCCO4)CC2)c1. The fourth-order valence-corrected chi connectivity index (χ4v) is 4.17. The molecule has 0 aliphatic carbocycles. The number of halogens is 1. The summed E-state index contributed by atoms with van der Waals surface area (Å²) in [6, 6.07) is 11.0. The van der Waals surface area contributed by atoms with Gasteiger partial charge in [0.1, 0.15) is 0 Å². The van der Waals surface area contributed by atoms with Crippen LogP contribution in [0.2, 0.25) is 5.02 Å². The molecule has 0 atom stereocenters. The molecule has 2 aliphatic rings. The fraction of sp³-hybridized carbons (Fsp3) is 0.417. The summed E-state index contributed by atoms with van der Waals surface area (Å²) in [5, 5.41) is 3.30. The molecule has 1 saturated heterocycles. The van der Waals surface area contributed by atoms with E-state index >= 15 is 0 Å². The maximum absolute atomic E-state index is 12.8. The number of aryl methyl sites for hydroxylation is 1. The molecular formula is C24H28ClN3O4. The van der Waals surface area contributed by atoms with E-state index in [1.807, 2.05) is 36.1 Å². The highest BCUT2D eigenvalue weighted by atomic mass is 35.5. The Morgan fingerprint density at radius 3 is 2.56 bits per heavy atom. The second-order valence-electron chi connectivity index (χ2n) is 8.17. The van der Waals surface area contributed by atoms with Crippen LogP contribution in [-0.4, -0.2) is 67.6 Å². The molecule has 0 saturated carbocycles. The molecule has 2 aromatic rings. The van der Waals surface area contributed by atoms with Gasteiger partial charge in [-0.3, -0.25) is 14.5 Å². The van der Waals surface area contributed by atoms with Crippen molar-refractivity contribution in [3.63, 3.8) is 0 Å². The molecule has 0 aromatic heterocycles. The second kappa shape index (κ2) is 10.2. The Labute approximate surface area is 193 Å². The van der Waals surface area contributed by atoms with E-state index in [0.29, 0.717) is 60.6 Å². The summed E-state index contributed by atoms with van der Waals surface area (Å²) < 4.78 is 11.3. The number of benzene rings is 2. The van der Waals surface area contributed by atoms with Crippen LogP contribution in [0, 0.1) is 6.92 Å². The van der Waals surface area contributed by atoms with Crippen LogP contribution in [0.1, 0.15) is 28.8 Å². The minimum absolute atomic E-state index is 0.0407. The lowest BCUT2D eigenvalue weighted by Crippen LogP contribution is -2.38. The van der Waals surface area contributed by atoms with Crippen LogP contribution in [-0.2, 0) is 4.79 Å². The lowest BCUT2D eigenvalue weighted by molar-refractivity contribution is -0.117. The summed E-state index contributed by atoms with van der Waals surface area (Å²) in [6.45, 7) is 6.01. The first kappa shape index (κ1) is 22.4. The minimum Gasteiger partial charge on any atom is -0.490 e. The summed E-state index contributed by atoms with van der Waals surface area (Å²) >= 11 is 6.34. The third kappa shape index (κ3) is 5.53. The number of amides is 2. The number of fused-ring (bicyclic) bond motifs is 1. The molecule has 2 aliphatic heterocycles. The number of rotatable bonds is 4. The quantitative estimate of drug-likeness (QED) is 0.759. The molecule has 2 amide bonds. The molecule has 2 heterocycles. The third-order valence-corrected chi connectivity index (χ3v) is 5.93. The smallest absolute Gasteiger partial charge is 0.253 e. The van der Waals surface area contributed by atoms with Crippen LogP contribution >= 0.6 is 11.6 Å². The molecule has 4 rings (SSSR count). The fourth-order valence-electron chi connectivity index (χ4n) is 3.97. The summed E-state index contributed by atoms with van der Waals surface area (Å²) in [4.78, 5) is 29.5. The van der Waals surface area contributed by atoms with Crippen molar-refractivity contribution in [1.29, 1.82) is 0 Å². The Bertz CT molecular complexity index is 997. The van der Waals surface area contributed by atoms with Crippen molar-refractivity contribution in [2.45, 2.75) is 19.8 Å². The summed E-state index contributed by atoms with van der Waals surface area (Å²) in [7, 11) is 0. The number of carbonyl (C=O) groups excluding carboxylic acids is 2. The topological polar surface area (TPSA) is 71.1 Å². The molecule has 32 heavy (non-hydrogen) atoms. The van der Waals surface area contributed by atoms with Crippen LogP contribution in [0.25, 0.3) is 0 Å². The molecular weight excluding hydrogens is 430 g/mol. The van der Waals surface area contributed by atoms with Gasteiger partial charge >= 0.3 is 0 Å². The Kier molecular flexibility index (Phi) is 7.17. The van der Waals surface area contributed by atoms with Gasteiger partial charge in [-0.2, -0.15) is 0 Å². The second-order valence-corrected chi connectivity index (χ2v) is 8.58. The average molecular weight is 458 g/mol. The Balaban J connectivity index is 1.33. The van der Waals surface area contributed by atoms with Crippen LogP contribution in [0.3, 0.4) is 0 Å². The zero-order chi connectivity index (χ0) is 22.5. The molecule has 0 spiro atoms. The lowest BCUT2D eigenvalue weighted by atomic mass is 10.1. The van der Waals surface area contributed by atoms with Gasteiger partial charge in [0.15, 0.2) is 11.5 Å². The van der Waals surface area contributed by atoms with Crippen molar-refractivity contribution < 1.29 is 19.1 Å². The van der Waals surface area contributed by atoms with E-state index in [1.165, 1.54) is 0 Å². The zero-order valence-electron chi connectivity index (χ0n) is 18.2. The van der Waals surface area contributed by atoms with Gasteiger partial charge in [-0.25, -0.2) is 0 Å². The number of anilines is 1. The predicted octanol–water partition coefficient (Wildman–Crippen LogP) is 3.60. The Hall–Kier alpha value is -2.77. The highest BCUT2D eigenvalue weighted by molar-refractivity contribution is 6.34. The van der Waals surface area contributed by atoms with Crippen molar-refractivity contribution in [1.82, 2.24) is 9.80 Å². The number of nitrogens with zero attached hydrogens (tertiary/aromatic N) is 2. The predicted molar refractivity (Wildman–Crippen MR) is 124 cm³/mol. The lowest BCUT2D eigenvalue weighted by Gasteiger charge is -2.22. The molecule has 0 bridgehead atoms. The van der Waals surface area contributed by atoms with Gasteiger partial charge in [0.25, 0.3) is 5.91 Å². The van der Waals surface area contributed by atoms with E-state index in [0.717, 1.165) is 24.9 Å². The first-order valence-corrected chi connectivity index (χ1v) is 11.3. The monoisotopic (exact) mass is 457 g/mol. The van der Waals surface area contributed by atoms with Gasteiger partial charge in [-0.15, -0.1) is 0 Å². The van der Waals surface area contributed by atoms with Gasteiger partial charge < -0.3 is 19.7 Å². The first-order valence-electron chi connectivity index (χ1n) is 11.0. The molecule has 7 nitrogen and oxygen atoms in total. The van der Waals surface area contributed by atoms with Crippen molar-refractivity contribution in [3.8, 4) is 11.5 Å². The van der Waals surface area contributed by atoms with Crippen molar-refractivity contribution >= 4 is 29.1 Å². The molecule has 1 N–H and O–H groups in total. The van der Waals surface area contributed by atoms with Crippen LogP contribution < -0.4 is 14.8 Å². The standard InChI is InChI=1S/C24H28ClN3O4/c1-17-5-2-6-18(13-17)24(30)28-8-3-7-27(9-10-28)16-23(29)26-20-15-22-21(14-19(20)25)31-11-4-12-32-22/h2,5-6,13-15H,3-4,7-12,16H2,1H3,(H,26,29). The number of hydrogen-bond donors (Lipinski definition) is 1. The van der Waals surface area contributed by atoms with Gasteiger partial charge in [-0.1, -0.05) is 29.3 Å². The van der Waals surface area contributed by atoms with E-state index in [-0.39, 0.29) is 18.4 Å². The maximum Gasteiger partial charge on any atom is 0.253 e. The van der Waals surface area contributed by atoms with Crippen molar-refractivity contribution in [3.05, 3.63) is 52.5 Å². The molecule has 8 heteroatoms. The zero-order valence-corrected chi connectivity index (χ0v) is 19.0. The molecule has 0 unspecified atom stereocenters. The van der Waals surface area contributed by atoms with E-state index in [4.69, 9.17) is 21.1 Å². The van der Waals surface area contributed by atoms with Crippen molar-refractivity contribution in [2.75, 3.05) is 51.3 Å². The van der Waals surface area contributed by atoms with Gasteiger partial charge in [0.2, 0.25) is 5.91 Å². The number of ether oxygens (including phenoxy) is 2. The van der Waals surface area contributed by atoms with Crippen LogP contribution in [0.5, 0.6) is 11.5 Å². The normalized spacial score (nSPS) is 16.8. The Morgan fingerprint density at radius 1 is 1.00 bits per heavy atom. The van der Waals surface area contributed by atoms with Crippen molar-refractivity contribution in [2.24, 2.45) is 0 Å². The summed E-state index contributed by atoms with van der Waals surface area (Å²) in [6.07, 6.45) is 1.61. The molecule has 170 valence electrons. The van der Waals surface area contributed by atoms with Crippen LogP contribution in [0.4, 0.5) is 5.69 Å². The number of hydrogen-bond acceptors (Lipinski definition) is 5. The highest BCUT2D eigenvalue weighted by Gasteiger charge is 2.22. The number of nitrogens with one attached hydrogen (secondary N) is 1. The average Bonchev–Trinajstić information content (AvgIpc) is 3.14. The number of carbonyl (C=O) groups is 2. The molecule has 0 radical (unpaired) electrons. The maximum atomic E-state index is 12.8. The minimum atomic E-state index is -0.153. The highest BCUT2D eigenvalue weighted by Crippen LogP contribution is 2.37. The van der Waals surface area contributed by atoms with E-state index in [9.17, 15) is 9.59 Å². The molecule has 2 aromatic carbocycles. The first-order chi connectivity index (χ1) is 15.5. The third-order valence-electron chi connectivity index (χ3n) is 5.62. The van der Waals surface area contributed by atoms with Gasteiger partial charge in [0.05, 0.1) is 30.5 Å². The van der Waals surface area contributed by atoms with Crippen LogP contribution in [0.15, 0.2) is 36.4 Å². The van der Waals surface area contributed by atoms with Gasteiger partial charge in [0, 0.05) is 50.3 Å². The summed E-state index contributed by atoms with van der Waals surface area (Å²) in [5.74, 6) is 1.07. The van der Waals surface area contributed by atoms with Gasteiger partial charge in [-0.05, 0) is 25.5 Å². The molecule has 1 fully saturated rings. The van der Waals surface area contributed by atoms with E-state index in [1.54, 1.807) is 12.1 Å². The van der Waals surface area contributed by atoms with E-state index < -0.39 is 0 Å². The van der Waals surface area contributed by atoms with E-state index in [2.05, 4.69) is 10.2 Å². The Morgan fingerprint density at radius 2 is 1.78 bits per heavy atom. The largest absolute Gasteiger partial charge is 0.490 e. The summed E-state index contributed by atoms with van der Waals surface area (Å²) in [5.41, 5.74) is 2.28.